The molecular weight excluding hydrogens is 246 g/mol. The summed E-state index contributed by atoms with van der Waals surface area (Å²) in [6, 6.07) is 7.75. The van der Waals surface area contributed by atoms with Crippen molar-refractivity contribution in [2.75, 3.05) is 6.61 Å². The molecule has 0 aliphatic heterocycles. The zero-order valence-corrected chi connectivity index (χ0v) is 10.8. The molecule has 0 atom stereocenters. The fourth-order valence-electron chi connectivity index (χ4n) is 1.47. The first-order valence-corrected chi connectivity index (χ1v) is 5.99. The third kappa shape index (κ3) is 3.54. The van der Waals surface area contributed by atoms with Crippen LogP contribution in [-0.2, 0) is 11.3 Å². The van der Waals surface area contributed by atoms with Crippen LogP contribution in [0, 0.1) is 6.92 Å². The molecule has 1 heterocycles. The monoisotopic (exact) mass is 261 g/mol. The number of aromatic nitrogens is 2. The lowest BCUT2D eigenvalue weighted by atomic mass is 10.1. The molecule has 1 N–H and O–H groups in total. The minimum atomic E-state index is -0.502. The minimum Gasteiger partial charge on any atom is -0.450 e. The summed E-state index contributed by atoms with van der Waals surface area (Å²) in [6.45, 7) is 4.22. The average molecular weight is 261 g/mol. The van der Waals surface area contributed by atoms with E-state index in [9.17, 15) is 4.79 Å². The van der Waals surface area contributed by atoms with Gasteiger partial charge in [-0.1, -0.05) is 17.7 Å². The highest BCUT2D eigenvalue weighted by atomic mass is 16.5. The maximum atomic E-state index is 11.1. The Bertz CT molecular complexity index is 549. The van der Waals surface area contributed by atoms with E-state index in [-0.39, 0.29) is 6.54 Å². The standard InChI is InChI=1S/C13H15N3O3/c1-3-18-13(17)14-8-11-15-16-12(19-11)10-6-4-9(2)5-7-10/h4-7H,3,8H2,1-2H3,(H,14,17). The quantitative estimate of drug-likeness (QED) is 0.913. The summed E-state index contributed by atoms with van der Waals surface area (Å²) in [5, 5.41) is 10.3. The van der Waals surface area contributed by atoms with E-state index in [1.165, 1.54) is 0 Å². The van der Waals surface area contributed by atoms with Crippen LogP contribution in [0.5, 0.6) is 0 Å². The van der Waals surface area contributed by atoms with Crippen LogP contribution in [0.1, 0.15) is 18.4 Å². The third-order valence-electron chi connectivity index (χ3n) is 2.42. The van der Waals surface area contributed by atoms with Gasteiger partial charge in [-0.05, 0) is 26.0 Å². The molecular formula is C13H15N3O3. The molecule has 0 fully saturated rings. The van der Waals surface area contributed by atoms with Crippen LogP contribution in [0.25, 0.3) is 11.5 Å². The Kier molecular flexibility index (Phi) is 4.12. The second kappa shape index (κ2) is 5.99. The van der Waals surface area contributed by atoms with Gasteiger partial charge in [0.05, 0.1) is 13.2 Å². The van der Waals surface area contributed by atoms with Gasteiger partial charge < -0.3 is 14.5 Å². The molecule has 0 aliphatic carbocycles. The van der Waals surface area contributed by atoms with Crippen molar-refractivity contribution in [2.24, 2.45) is 0 Å². The normalized spacial score (nSPS) is 10.2. The molecule has 19 heavy (non-hydrogen) atoms. The summed E-state index contributed by atoms with van der Waals surface area (Å²) in [4.78, 5) is 11.1. The van der Waals surface area contributed by atoms with E-state index in [0.717, 1.165) is 11.1 Å². The van der Waals surface area contributed by atoms with Gasteiger partial charge in [0.2, 0.25) is 11.8 Å². The van der Waals surface area contributed by atoms with Crippen molar-refractivity contribution in [3.63, 3.8) is 0 Å². The highest BCUT2D eigenvalue weighted by Gasteiger charge is 2.09. The van der Waals surface area contributed by atoms with E-state index >= 15 is 0 Å². The first-order chi connectivity index (χ1) is 9.19. The summed E-state index contributed by atoms with van der Waals surface area (Å²) in [6.07, 6.45) is -0.502. The van der Waals surface area contributed by atoms with Gasteiger partial charge in [0.15, 0.2) is 0 Å². The maximum absolute atomic E-state index is 11.1. The Balaban J connectivity index is 1.99. The SMILES string of the molecule is CCOC(=O)NCc1nnc(-c2ccc(C)cc2)o1. The van der Waals surface area contributed by atoms with Crippen molar-refractivity contribution in [3.05, 3.63) is 35.7 Å². The van der Waals surface area contributed by atoms with Crippen LogP contribution in [0.3, 0.4) is 0 Å². The summed E-state index contributed by atoms with van der Waals surface area (Å²) in [5.41, 5.74) is 2.01. The fraction of sp³-hybridized carbons (Fsp3) is 0.308. The molecule has 1 aromatic heterocycles. The fourth-order valence-corrected chi connectivity index (χ4v) is 1.47. The summed E-state index contributed by atoms with van der Waals surface area (Å²) < 4.78 is 10.2. The molecule has 6 heteroatoms. The van der Waals surface area contributed by atoms with Crippen LogP contribution in [-0.4, -0.2) is 22.9 Å². The second-order valence-electron chi connectivity index (χ2n) is 3.94. The highest BCUT2D eigenvalue weighted by Crippen LogP contribution is 2.17. The number of nitrogens with one attached hydrogen (secondary N) is 1. The molecule has 2 aromatic rings. The highest BCUT2D eigenvalue weighted by molar-refractivity contribution is 5.66. The number of carbonyl (C=O) groups is 1. The first-order valence-electron chi connectivity index (χ1n) is 5.99. The summed E-state index contributed by atoms with van der Waals surface area (Å²) in [5.74, 6) is 0.768. The maximum Gasteiger partial charge on any atom is 0.407 e. The van der Waals surface area contributed by atoms with Gasteiger partial charge in [0.25, 0.3) is 0 Å². The Morgan fingerprint density at radius 2 is 2.05 bits per heavy atom. The van der Waals surface area contributed by atoms with Crippen molar-refractivity contribution in [3.8, 4) is 11.5 Å². The van der Waals surface area contributed by atoms with Gasteiger partial charge in [-0.15, -0.1) is 10.2 Å². The number of benzene rings is 1. The molecule has 0 spiro atoms. The van der Waals surface area contributed by atoms with Gasteiger partial charge in [0.1, 0.15) is 0 Å². The van der Waals surface area contributed by atoms with Crippen LogP contribution < -0.4 is 5.32 Å². The average Bonchev–Trinajstić information content (AvgIpc) is 2.86. The Morgan fingerprint density at radius 3 is 2.74 bits per heavy atom. The van der Waals surface area contributed by atoms with Gasteiger partial charge in [-0.25, -0.2) is 4.79 Å². The summed E-state index contributed by atoms with van der Waals surface area (Å²) >= 11 is 0. The predicted molar refractivity (Wildman–Crippen MR) is 68.3 cm³/mol. The predicted octanol–water partition coefficient (Wildman–Crippen LogP) is 2.29. The smallest absolute Gasteiger partial charge is 0.407 e. The lowest BCUT2D eigenvalue weighted by Gasteiger charge is -2.01. The first kappa shape index (κ1) is 13.1. The Morgan fingerprint density at radius 1 is 1.32 bits per heavy atom. The molecule has 0 unspecified atom stereocenters. The Labute approximate surface area is 110 Å². The van der Waals surface area contributed by atoms with Crippen molar-refractivity contribution < 1.29 is 13.9 Å². The number of rotatable bonds is 4. The lowest BCUT2D eigenvalue weighted by Crippen LogP contribution is -2.23. The number of hydrogen-bond donors (Lipinski definition) is 1. The zero-order chi connectivity index (χ0) is 13.7. The van der Waals surface area contributed by atoms with E-state index in [1.807, 2.05) is 31.2 Å². The summed E-state index contributed by atoms with van der Waals surface area (Å²) in [7, 11) is 0. The van der Waals surface area contributed by atoms with E-state index in [4.69, 9.17) is 9.15 Å². The Hall–Kier alpha value is -2.37. The molecule has 100 valence electrons. The van der Waals surface area contributed by atoms with Crippen LogP contribution in [0.15, 0.2) is 28.7 Å². The van der Waals surface area contributed by atoms with Gasteiger partial charge in [-0.3, -0.25) is 0 Å². The molecule has 1 amide bonds. The molecule has 0 saturated carbocycles. The number of carbonyl (C=O) groups excluding carboxylic acids is 1. The lowest BCUT2D eigenvalue weighted by molar-refractivity contribution is 0.150. The largest absolute Gasteiger partial charge is 0.450 e. The van der Waals surface area contributed by atoms with Gasteiger partial charge in [0, 0.05) is 5.56 Å². The number of amides is 1. The molecule has 0 aliphatic rings. The van der Waals surface area contributed by atoms with E-state index in [1.54, 1.807) is 6.92 Å². The van der Waals surface area contributed by atoms with E-state index < -0.39 is 6.09 Å². The van der Waals surface area contributed by atoms with Crippen molar-refractivity contribution in [2.45, 2.75) is 20.4 Å². The van der Waals surface area contributed by atoms with E-state index in [0.29, 0.717) is 18.4 Å². The van der Waals surface area contributed by atoms with E-state index in [2.05, 4.69) is 15.5 Å². The number of aryl methyl sites for hydroxylation is 1. The zero-order valence-electron chi connectivity index (χ0n) is 10.8. The molecule has 0 bridgehead atoms. The topological polar surface area (TPSA) is 77.2 Å². The van der Waals surface area contributed by atoms with Crippen LogP contribution >= 0.6 is 0 Å². The van der Waals surface area contributed by atoms with Gasteiger partial charge >= 0.3 is 6.09 Å². The van der Waals surface area contributed by atoms with Crippen LogP contribution in [0.4, 0.5) is 4.79 Å². The number of nitrogens with zero attached hydrogens (tertiary/aromatic N) is 2. The number of ether oxygens (including phenoxy) is 1. The third-order valence-corrected chi connectivity index (χ3v) is 2.42. The molecule has 6 nitrogen and oxygen atoms in total. The molecule has 1 aromatic carbocycles. The molecule has 0 saturated heterocycles. The molecule has 0 radical (unpaired) electrons. The number of alkyl carbamates (subject to hydrolysis) is 1. The molecule has 2 rings (SSSR count). The second-order valence-corrected chi connectivity index (χ2v) is 3.94. The van der Waals surface area contributed by atoms with Crippen molar-refractivity contribution in [1.29, 1.82) is 0 Å². The van der Waals surface area contributed by atoms with Gasteiger partial charge in [-0.2, -0.15) is 0 Å². The van der Waals surface area contributed by atoms with Crippen LogP contribution in [0.2, 0.25) is 0 Å². The van der Waals surface area contributed by atoms with Crippen molar-refractivity contribution in [1.82, 2.24) is 15.5 Å². The van der Waals surface area contributed by atoms with Crippen molar-refractivity contribution >= 4 is 6.09 Å². The number of hydrogen-bond acceptors (Lipinski definition) is 5. The minimum absolute atomic E-state index is 0.150.